The topological polar surface area (TPSA) is 43.1 Å². The largest absolute Gasteiger partial charge is 0.269 e. The minimum atomic E-state index is -0.379. The first-order valence-corrected chi connectivity index (χ1v) is 6.46. The Bertz CT molecular complexity index is 387. The second-order valence-corrected chi connectivity index (χ2v) is 5.37. The second kappa shape index (κ2) is 5.50. The summed E-state index contributed by atoms with van der Waals surface area (Å²) in [6.45, 7) is 0. The van der Waals surface area contributed by atoms with Crippen LogP contribution in [-0.2, 0) is 6.42 Å². The van der Waals surface area contributed by atoms with Crippen molar-refractivity contribution in [3.8, 4) is 0 Å². The molecule has 4 heteroatoms. The summed E-state index contributed by atoms with van der Waals surface area (Å²) < 4.78 is 0. The summed E-state index contributed by atoms with van der Waals surface area (Å²) in [7, 11) is 0. The lowest BCUT2D eigenvalue weighted by Crippen LogP contribution is -2.17. The standard InChI is InChI=1S/C13H16ClNO2/c14-12(8-10-2-1-3-10)9-11-4-6-13(7-5-11)15(16)17/h4-7,10,12H,1-3,8-9H2. The van der Waals surface area contributed by atoms with Crippen molar-refractivity contribution in [3.63, 3.8) is 0 Å². The van der Waals surface area contributed by atoms with Gasteiger partial charge in [-0.2, -0.15) is 0 Å². The molecule has 17 heavy (non-hydrogen) atoms. The van der Waals surface area contributed by atoms with Gasteiger partial charge in [0.05, 0.1) is 4.92 Å². The molecule has 1 aromatic rings. The predicted molar refractivity (Wildman–Crippen MR) is 68.4 cm³/mol. The highest BCUT2D eigenvalue weighted by Gasteiger charge is 2.21. The SMILES string of the molecule is O=[N+]([O-])c1ccc(CC(Cl)CC2CCC2)cc1. The van der Waals surface area contributed by atoms with Gasteiger partial charge in [0.15, 0.2) is 0 Å². The molecule has 0 aliphatic heterocycles. The van der Waals surface area contributed by atoms with Gasteiger partial charge in [-0.25, -0.2) is 0 Å². The van der Waals surface area contributed by atoms with E-state index in [1.807, 2.05) is 0 Å². The fourth-order valence-electron chi connectivity index (χ4n) is 2.18. The minimum Gasteiger partial charge on any atom is -0.258 e. The van der Waals surface area contributed by atoms with Gasteiger partial charge >= 0.3 is 0 Å². The molecule has 0 heterocycles. The summed E-state index contributed by atoms with van der Waals surface area (Å²) in [6.07, 6.45) is 5.83. The van der Waals surface area contributed by atoms with E-state index in [-0.39, 0.29) is 16.0 Å². The molecule has 1 aliphatic rings. The lowest BCUT2D eigenvalue weighted by Gasteiger charge is -2.27. The first-order chi connectivity index (χ1) is 8.15. The van der Waals surface area contributed by atoms with Gasteiger partial charge in [0.25, 0.3) is 5.69 Å². The minimum absolute atomic E-state index is 0.138. The van der Waals surface area contributed by atoms with Gasteiger partial charge in [-0.15, -0.1) is 11.6 Å². The van der Waals surface area contributed by atoms with Gasteiger partial charge in [0, 0.05) is 17.5 Å². The summed E-state index contributed by atoms with van der Waals surface area (Å²) in [6, 6.07) is 6.69. The highest BCUT2D eigenvalue weighted by Crippen LogP contribution is 2.32. The number of nitrogens with zero attached hydrogens (tertiary/aromatic N) is 1. The molecule has 2 rings (SSSR count). The van der Waals surface area contributed by atoms with Crippen LogP contribution in [0.25, 0.3) is 0 Å². The summed E-state index contributed by atoms with van der Waals surface area (Å²) in [5.41, 5.74) is 1.22. The van der Waals surface area contributed by atoms with E-state index >= 15 is 0 Å². The number of benzene rings is 1. The van der Waals surface area contributed by atoms with E-state index in [1.165, 1.54) is 19.3 Å². The van der Waals surface area contributed by atoms with Gasteiger partial charge in [-0.3, -0.25) is 10.1 Å². The fraction of sp³-hybridized carbons (Fsp3) is 0.538. The lowest BCUT2D eigenvalue weighted by atomic mass is 9.81. The number of alkyl halides is 1. The molecular weight excluding hydrogens is 238 g/mol. The Morgan fingerprint density at radius 3 is 2.47 bits per heavy atom. The molecule has 1 saturated carbocycles. The van der Waals surface area contributed by atoms with Crippen LogP contribution in [0.15, 0.2) is 24.3 Å². The van der Waals surface area contributed by atoms with Crippen LogP contribution in [0.1, 0.15) is 31.2 Å². The third-order valence-electron chi connectivity index (χ3n) is 3.42. The fourth-order valence-corrected chi connectivity index (χ4v) is 2.61. The maximum Gasteiger partial charge on any atom is 0.269 e. The molecule has 0 amide bonds. The Kier molecular flexibility index (Phi) is 4.00. The van der Waals surface area contributed by atoms with Crippen LogP contribution in [-0.4, -0.2) is 10.3 Å². The molecule has 1 aliphatic carbocycles. The number of rotatable bonds is 5. The number of halogens is 1. The van der Waals surface area contributed by atoms with Gasteiger partial charge in [0.1, 0.15) is 0 Å². The number of hydrogen-bond acceptors (Lipinski definition) is 2. The van der Waals surface area contributed by atoms with Crippen LogP contribution in [0, 0.1) is 16.0 Å². The van der Waals surface area contributed by atoms with E-state index in [0.29, 0.717) is 0 Å². The zero-order valence-corrected chi connectivity index (χ0v) is 10.4. The highest BCUT2D eigenvalue weighted by atomic mass is 35.5. The molecule has 92 valence electrons. The monoisotopic (exact) mass is 253 g/mol. The average molecular weight is 254 g/mol. The van der Waals surface area contributed by atoms with E-state index in [1.54, 1.807) is 24.3 Å². The molecule has 0 N–H and O–H groups in total. The van der Waals surface area contributed by atoms with Gasteiger partial charge in [0.2, 0.25) is 0 Å². The summed E-state index contributed by atoms with van der Waals surface area (Å²) >= 11 is 6.29. The predicted octanol–water partition coefficient (Wildman–Crippen LogP) is 3.93. The van der Waals surface area contributed by atoms with Crippen LogP contribution in [0.3, 0.4) is 0 Å². The van der Waals surface area contributed by atoms with Crippen LogP contribution in [0.5, 0.6) is 0 Å². The zero-order chi connectivity index (χ0) is 12.3. The van der Waals surface area contributed by atoms with Crippen molar-refractivity contribution < 1.29 is 4.92 Å². The van der Waals surface area contributed by atoms with Gasteiger partial charge < -0.3 is 0 Å². The maximum absolute atomic E-state index is 10.5. The molecular formula is C13H16ClNO2. The van der Waals surface area contributed by atoms with Crippen molar-refractivity contribution in [1.82, 2.24) is 0 Å². The number of nitro benzene ring substituents is 1. The van der Waals surface area contributed by atoms with Crippen LogP contribution in [0.2, 0.25) is 0 Å². The Morgan fingerprint density at radius 1 is 1.35 bits per heavy atom. The molecule has 1 aromatic carbocycles. The first-order valence-electron chi connectivity index (χ1n) is 6.02. The Hall–Kier alpha value is -1.09. The van der Waals surface area contributed by atoms with E-state index < -0.39 is 0 Å². The van der Waals surface area contributed by atoms with Gasteiger partial charge in [-0.05, 0) is 24.3 Å². The number of nitro groups is 1. The normalized spacial score (nSPS) is 17.5. The Balaban J connectivity index is 1.86. The van der Waals surface area contributed by atoms with E-state index in [0.717, 1.165) is 24.3 Å². The molecule has 0 saturated heterocycles. The average Bonchev–Trinajstić information content (AvgIpc) is 2.24. The molecule has 1 atom stereocenters. The van der Waals surface area contributed by atoms with Crippen LogP contribution in [0.4, 0.5) is 5.69 Å². The molecule has 0 aromatic heterocycles. The van der Waals surface area contributed by atoms with Crippen molar-refractivity contribution in [2.45, 2.75) is 37.5 Å². The zero-order valence-electron chi connectivity index (χ0n) is 9.64. The Morgan fingerprint density at radius 2 is 2.00 bits per heavy atom. The molecule has 1 unspecified atom stereocenters. The molecule has 1 fully saturated rings. The molecule has 3 nitrogen and oxygen atoms in total. The summed E-state index contributed by atoms with van der Waals surface area (Å²) in [5.74, 6) is 0.801. The quantitative estimate of drug-likeness (QED) is 0.453. The van der Waals surface area contributed by atoms with Gasteiger partial charge in [-0.1, -0.05) is 31.4 Å². The molecule has 0 spiro atoms. The van der Waals surface area contributed by atoms with Crippen molar-refractivity contribution in [2.24, 2.45) is 5.92 Å². The molecule has 0 radical (unpaired) electrons. The molecule has 0 bridgehead atoms. The van der Waals surface area contributed by atoms with Crippen molar-refractivity contribution in [1.29, 1.82) is 0 Å². The Labute approximate surface area is 106 Å². The number of non-ortho nitro benzene ring substituents is 1. The lowest BCUT2D eigenvalue weighted by molar-refractivity contribution is -0.384. The van der Waals surface area contributed by atoms with Crippen LogP contribution < -0.4 is 0 Å². The summed E-state index contributed by atoms with van der Waals surface area (Å²) in [5, 5.41) is 10.7. The smallest absolute Gasteiger partial charge is 0.258 e. The third-order valence-corrected chi connectivity index (χ3v) is 3.75. The van der Waals surface area contributed by atoms with E-state index in [2.05, 4.69) is 0 Å². The maximum atomic E-state index is 10.5. The van der Waals surface area contributed by atoms with Crippen molar-refractivity contribution >= 4 is 17.3 Å². The second-order valence-electron chi connectivity index (χ2n) is 4.76. The summed E-state index contributed by atoms with van der Waals surface area (Å²) in [4.78, 5) is 10.1. The van der Waals surface area contributed by atoms with E-state index in [9.17, 15) is 10.1 Å². The van der Waals surface area contributed by atoms with Crippen molar-refractivity contribution in [2.75, 3.05) is 0 Å². The van der Waals surface area contributed by atoms with Crippen LogP contribution >= 0.6 is 11.6 Å². The number of hydrogen-bond donors (Lipinski definition) is 0. The first kappa shape index (κ1) is 12.4. The van der Waals surface area contributed by atoms with E-state index in [4.69, 9.17) is 11.6 Å². The third kappa shape index (κ3) is 3.43. The highest BCUT2D eigenvalue weighted by molar-refractivity contribution is 6.20. The van der Waals surface area contributed by atoms with Crippen molar-refractivity contribution in [3.05, 3.63) is 39.9 Å².